The van der Waals surface area contributed by atoms with Crippen molar-refractivity contribution < 1.29 is 4.79 Å². The summed E-state index contributed by atoms with van der Waals surface area (Å²) < 4.78 is 4.22. The summed E-state index contributed by atoms with van der Waals surface area (Å²) in [5, 5.41) is 5.00. The van der Waals surface area contributed by atoms with Crippen LogP contribution in [0.5, 0.6) is 0 Å². The molecule has 0 fully saturated rings. The highest BCUT2D eigenvalue weighted by atomic mass is 127. The molecule has 0 amide bonds. The first-order chi connectivity index (χ1) is 6.36. The highest BCUT2D eigenvalue weighted by Crippen LogP contribution is 2.22. The number of carbonyl (C=O) groups excluding carboxylic acids is 1. The number of hydrogen-bond donors (Lipinski definition) is 1. The summed E-state index contributed by atoms with van der Waals surface area (Å²) in [5.41, 5.74) is 0.816. The van der Waals surface area contributed by atoms with Crippen molar-refractivity contribution in [1.82, 2.24) is 9.78 Å². The van der Waals surface area contributed by atoms with Gasteiger partial charge in [-0.1, -0.05) is 12.1 Å². The lowest BCUT2D eigenvalue weighted by atomic mass is 10.2. The summed E-state index contributed by atoms with van der Waals surface area (Å²) in [7, 11) is 0. The molecular formula is C8H6IN3O. The molecule has 0 radical (unpaired) electrons. The maximum atomic E-state index is 10.6. The third kappa shape index (κ3) is 1.28. The van der Waals surface area contributed by atoms with E-state index in [1.165, 1.54) is 4.68 Å². The topological polar surface area (TPSA) is 46.9 Å². The number of aromatic nitrogens is 2. The van der Waals surface area contributed by atoms with Gasteiger partial charge in [0.05, 0.1) is 28.4 Å². The number of anilines is 1. The fraction of sp³-hybridized carbons (Fsp3) is 0. The molecule has 2 rings (SSSR count). The lowest BCUT2D eigenvalue weighted by Crippen LogP contribution is -1.96. The van der Waals surface area contributed by atoms with E-state index in [4.69, 9.17) is 0 Å². The van der Waals surface area contributed by atoms with Crippen LogP contribution >= 0.6 is 22.9 Å². The average Bonchev–Trinajstić information content (AvgIpc) is 2.56. The van der Waals surface area contributed by atoms with Crippen LogP contribution in [0.4, 0.5) is 5.82 Å². The number of carbonyl (C=O) groups is 1. The minimum absolute atomic E-state index is 0.694. The molecule has 66 valence electrons. The van der Waals surface area contributed by atoms with Crippen LogP contribution in [0.1, 0.15) is 0 Å². The zero-order valence-corrected chi connectivity index (χ0v) is 8.72. The van der Waals surface area contributed by atoms with Crippen molar-refractivity contribution in [3.8, 4) is 0 Å². The molecule has 0 spiro atoms. The van der Waals surface area contributed by atoms with Crippen LogP contribution in [0.3, 0.4) is 0 Å². The van der Waals surface area contributed by atoms with Crippen LogP contribution in [0, 0.1) is 0 Å². The SMILES string of the molecule is O=Cn1nc(NI)c2ccccc21. The number of halogens is 1. The van der Waals surface area contributed by atoms with Crippen molar-refractivity contribution in [1.29, 1.82) is 0 Å². The van der Waals surface area contributed by atoms with Crippen LogP contribution < -0.4 is 3.53 Å². The summed E-state index contributed by atoms with van der Waals surface area (Å²) in [6, 6.07) is 7.56. The fourth-order valence-electron chi connectivity index (χ4n) is 1.24. The molecule has 0 aliphatic carbocycles. The molecule has 0 bridgehead atoms. The van der Waals surface area contributed by atoms with Crippen LogP contribution in [0.15, 0.2) is 24.3 Å². The molecule has 1 aromatic carbocycles. The quantitative estimate of drug-likeness (QED) is 0.521. The molecule has 0 atom stereocenters. The minimum atomic E-state index is 0.694. The monoisotopic (exact) mass is 287 g/mol. The zero-order valence-electron chi connectivity index (χ0n) is 6.57. The van der Waals surface area contributed by atoms with Gasteiger partial charge in [-0.3, -0.25) is 4.79 Å². The van der Waals surface area contributed by atoms with E-state index < -0.39 is 0 Å². The smallest absolute Gasteiger partial charge is 0.234 e. The van der Waals surface area contributed by atoms with E-state index in [2.05, 4.69) is 8.63 Å². The van der Waals surface area contributed by atoms with Gasteiger partial charge in [-0.15, -0.1) is 5.10 Å². The Bertz CT molecular complexity index is 452. The van der Waals surface area contributed by atoms with Gasteiger partial charge in [-0.25, -0.2) is 4.68 Å². The summed E-state index contributed by atoms with van der Waals surface area (Å²) in [6.45, 7) is 0. The molecule has 0 aliphatic heterocycles. The minimum Gasteiger partial charge on any atom is -0.311 e. The molecule has 1 aromatic heterocycles. The average molecular weight is 287 g/mol. The van der Waals surface area contributed by atoms with Crippen molar-refractivity contribution in [3.05, 3.63) is 24.3 Å². The van der Waals surface area contributed by atoms with Crippen LogP contribution in [-0.4, -0.2) is 16.2 Å². The van der Waals surface area contributed by atoms with E-state index in [1.54, 1.807) is 0 Å². The Morgan fingerprint density at radius 2 is 2.23 bits per heavy atom. The second kappa shape index (κ2) is 3.33. The van der Waals surface area contributed by atoms with Gasteiger partial charge in [0.1, 0.15) is 0 Å². The Labute approximate surface area is 88.4 Å². The number of nitrogens with one attached hydrogen (secondary N) is 1. The molecule has 2 aromatic rings. The van der Waals surface area contributed by atoms with Gasteiger partial charge in [0.25, 0.3) is 0 Å². The van der Waals surface area contributed by atoms with E-state index in [0.717, 1.165) is 10.9 Å². The second-order valence-corrected chi connectivity index (χ2v) is 3.05. The molecule has 1 N–H and O–H groups in total. The molecule has 0 aliphatic rings. The van der Waals surface area contributed by atoms with E-state index >= 15 is 0 Å². The van der Waals surface area contributed by atoms with Crippen molar-refractivity contribution in [2.45, 2.75) is 0 Å². The van der Waals surface area contributed by atoms with Crippen molar-refractivity contribution in [3.63, 3.8) is 0 Å². The lowest BCUT2D eigenvalue weighted by molar-refractivity contribution is 0.543. The number of rotatable bonds is 2. The Hall–Kier alpha value is -1.11. The van der Waals surface area contributed by atoms with E-state index in [0.29, 0.717) is 12.2 Å². The predicted molar refractivity (Wildman–Crippen MR) is 59.5 cm³/mol. The highest BCUT2D eigenvalue weighted by molar-refractivity contribution is 14.1. The van der Waals surface area contributed by atoms with Gasteiger partial charge in [0.15, 0.2) is 5.82 Å². The van der Waals surface area contributed by atoms with Gasteiger partial charge in [-0.05, 0) is 12.1 Å². The molecule has 0 saturated carbocycles. The standard InChI is InChI=1S/C8H6IN3O/c9-10-8-6-3-1-2-4-7(6)12(5-13)11-8/h1-5H,(H,10,11). The summed E-state index contributed by atoms with van der Waals surface area (Å²) in [4.78, 5) is 10.6. The number of nitrogens with zero attached hydrogens (tertiary/aromatic N) is 2. The van der Waals surface area contributed by atoms with Crippen molar-refractivity contribution in [2.75, 3.05) is 3.53 Å². The first-order valence-corrected chi connectivity index (χ1v) is 4.74. The molecule has 0 unspecified atom stereocenters. The first-order valence-electron chi connectivity index (χ1n) is 3.66. The maximum absolute atomic E-state index is 10.6. The highest BCUT2D eigenvalue weighted by Gasteiger charge is 2.06. The number of para-hydroxylation sites is 1. The van der Waals surface area contributed by atoms with Gasteiger partial charge in [0.2, 0.25) is 6.41 Å². The Balaban J connectivity index is 2.81. The Morgan fingerprint density at radius 1 is 1.46 bits per heavy atom. The first kappa shape index (κ1) is 8.49. The van der Waals surface area contributed by atoms with Crippen molar-refractivity contribution in [2.24, 2.45) is 0 Å². The molecule has 4 nitrogen and oxygen atoms in total. The van der Waals surface area contributed by atoms with Gasteiger partial charge >= 0.3 is 0 Å². The van der Waals surface area contributed by atoms with Gasteiger partial charge in [-0.2, -0.15) is 0 Å². The predicted octanol–water partition coefficient (Wildman–Crippen LogP) is 1.84. The van der Waals surface area contributed by atoms with E-state index in [-0.39, 0.29) is 0 Å². The van der Waals surface area contributed by atoms with Crippen LogP contribution in [0.2, 0.25) is 0 Å². The van der Waals surface area contributed by atoms with Crippen LogP contribution in [0.25, 0.3) is 10.9 Å². The second-order valence-electron chi connectivity index (χ2n) is 2.51. The fourth-order valence-corrected chi connectivity index (χ4v) is 1.64. The lowest BCUT2D eigenvalue weighted by Gasteiger charge is -1.90. The molecule has 0 saturated heterocycles. The van der Waals surface area contributed by atoms with Gasteiger partial charge in [0, 0.05) is 5.39 Å². The molecular weight excluding hydrogens is 281 g/mol. The van der Waals surface area contributed by atoms with Gasteiger partial charge < -0.3 is 3.53 Å². The van der Waals surface area contributed by atoms with E-state index in [9.17, 15) is 4.79 Å². The largest absolute Gasteiger partial charge is 0.311 e. The maximum Gasteiger partial charge on any atom is 0.234 e. The Kier molecular flexibility index (Phi) is 2.17. The molecule has 1 heterocycles. The zero-order chi connectivity index (χ0) is 9.26. The van der Waals surface area contributed by atoms with Crippen LogP contribution in [-0.2, 0) is 4.79 Å². The third-order valence-corrected chi connectivity index (χ3v) is 2.31. The number of fused-ring (bicyclic) bond motifs is 1. The van der Waals surface area contributed by atoms with E-state index in [1.807, 2.05) is 47.1 Å². The molecule has 13 heavy (non-hydrogen) atoms. The number of hydrogen-bond acceptors (Lipinski definition) is 3. The Morgan fingerprint density at radius 3 is 2.92 bits per heavy atom. The number of benzene rings is 1. The third-order valence-electron chi connectivity index (χ3n) is 1.80. The van der Waals surface area contributed by atoms with Crippen molar-refractivity contribution >= 4 is 46.0 Å². The summed E-state index contributed by atoms with van der Waals surface area (Å²) in [5.74, 6) is 0.711. The normalized spacial score (nSPS) is 10.2. The molecule has 5 heteroatoms. The summed E-state index contributed by atoms with van der Waals surface area (Å²) >= 11 is 1.99. The summed E-state index contributed by atoms with van der Waals surface area (Å²) in [6.07, 6.45) is 0.694.